The molecule has 3 N–H and O–H groups in total. The number of carbonyl (C=O) groups excluding carboxylic acids is 1. The fraction of sp³-hybridized carbons (Fsp3) is 0.385. The zero-order chi connectivity index (χ0) is 14.3. The molecular weight excluding hydrogens is 268 g/mol. The maximum absolute atomic E-state index is 11.7. The molecule has 2 amide bonds. The lowest BCUT2D eigenvalue weighted by Crippen LogP contribution is -2.36. The molecule has 0 aromatic heterocycles. The smallest absolute Gasteiger partial charge is 0.319 e. The van der Waals surface area contributed by atoms with E-state index >= 15 is 0 Å². The molecule has 5 nitrogen and oxygen atoms in total. The monoisotopic (exact) mass is 284 g/mol. The highest BCUT2D eigenvalue weighted by Crippen LogP contribution is 2.20. The molecule has 0 aliphatic rings. The van der Waals surface area contributed by atoms with Crippen LogP contribution in [0.1, 0.15) is 26.2 Å². The number of amides is 2. The van der Waals surface area contributed by atoms with Gasteiger partial charge >= 0.3 is 12.0 Å². The second-order valence-electron chi connectivity index (χ2n) is 4.27. The number of rotatable bonds is 6. The Bertz CT molecular complexity index is 451. The van der Waals surface area contributed by atoms with Gasteiger partial charge in [-0.05, 0) is 31.9 Å². The molecule has 0 heterocycles. The lowest BCUT2D eigenvalue weighted by molar-refractivity contribution is -0.137. The molecule has 0 spiro atoms. The topological polar surface area (TPSA) is 78.4 Å². The van der Waals surface area contributed by atoms with E-state index in [2.05, 4.69) is 10.6 Å². The fourth-order valence-electron chi connectivity index (χ4n) is 1.58. The van der Waals surface area contributed by atoms with E-state index in [9.17, 15) is 9.59 Å². The Hall–Kier alpha value is -1.75. The standard InChI is InChI=1S/C13H17ClN2O3/c1-9(5-4-8-12(17)18)15-13(19)16-11-7-3-2-6-10(11)14/h2-3,6-7,9H,4-5,8H2,1H3,(H,17,18)(H2,15,16,19). The van der Waals surface area contributed by atoms with E-state index in [1.165, 1.54) is 0 Å². The lowest BCUT2D eigenvalue weighted by Gasteiger charge is -2.14. The summed E-state index contributed by atoms with van der Waals surface area (Å²) in [6.07, 6.45) is 1.25. The molecule has 1 atom stereocenters. The van der Waals surface area contributed by atoms with Gasteiger partial charge in [0.1, 0.15) is 0 Å². The van der Waals surface area contributed by atoms with Crippen molar-refractivity contribution in [2.75, 3.05) is 5.32 Å². The van der Waals surface area contributed by atoms with Crippen molar-refractivity contribution in [1.82, 2.24) is 5.32 Å². The first-order valence-electron chi connectivity index (χ1n) is 6.03. The van der Waals surface area contributed by atoms with Gasteiger partial charge in [0.15, 0.2) is 0 Å². The second-order valence-corrected chi connectivity index (χ2v) is 4.67. The van der Waals surface area contributed by atoms with Crippen molar-refractivity contribution in [1.29, 1.82) is 0 Å². The van der Waals surface area contributed by atoms with E-state index in [-0.39, 0.29) is 18.5 Å². The Morgan fingerprint density at radius 3 is 2.68 bits per heavy atom. The van der Waals surface area contributed by atoms with E-state index in [4.69, 9.17) is 16.7 Å². The fourth-order valence-corrected chi connectivity index (χ4v) is 1.76. The third kappa shape index (κ3) is 6.10. The predicted octanol–water partition coefficient (Wildman–Crippen LogP) is 3.10. The number of hydrogen-bond donors (Lipinski definition) is 3. The first-order valence-corrected chi connectivity index (χ1v) is 6.40. The van der Waals surface area contributed by atoms with E-state index in [0.29, 0.717) is 23.6 Å². The van der Waals surface area contributed by atoms with Crippen LogP contribution in [-0.4, -0.2) is 23.1 Å². The van der Waals surface area contributed by atoms with Crippen molar-refractivity contribution < 1.29 is 14.7 Å². The normalized spacial score (nSPS) is 11.7. The van der Waals surface area contributed by atoms with Crippen LogP contribution in [0.4, 0.5) is 10.5 Å². The second kappa shape index (κ2) is 7.63. The van der Waals surface area contributed by atoms with E-state index < -0.39 is 5.97 Å². The largest absolute Gasteiger partial charge is 0.481 e. The summed E-state index contributed by atoms with van der Waals surface area (Å²) >= 11 is 5.92. The van der Waals surface area contributed by atoms with Gasteiger partial charge in [-0.25, -0.2) is 4.79 Å². The minimum Gasteiger partial charge on any atom is -0.481 e. The summed E-state index contributed by atoms with van der Waals surface area (Å²) in [6.45, 7) is 1.83. The van der Waals surface area contributed by atoms with Crippen LogP contribution in [-0.2, 0) is 4.79 Å². The molecular formula is C13H17ClN2O3. The third-order valence-corrected chi connectivity index (χ3v) is 2.86. The number of hydrogen-bond acceptors (Lipinski definition) is 2. The number of urea groups is 1. The number of carboxylic acid groups (broad SMARTS) is 1. The average molecular weight is 285 g/mol. The van der Waals surface area contributed by atoms with Gasteiger partial charge in [-0.1, -0.05) is 23.7 Å². The lowest BCUT2D eigenvalue weighted by atomic mass is 10.1. The van der Waals surface area contributed by atoms with Crippen LogP contribution in [0.3, 0.4) is 0 Å². The third-order valence-electron chi connectivity index (χ3n) is 2.53. The number of anilines is 1. The summed E-state index contributed by atoms with van der Waals surface area (Å²) in [6, 6.07) is 6.50. The summed E-state index contributed by atoms with van der Waals surface area (Å²) in [7, 11) is 0. The maximum atomic E-state index is 11.7. The maximum Gasteiger partial charge on any atom is 0.319 e. The highest BCUT2D eigenvalue weighted by atomic mass is 35.5. The highest BCUT2D eigenvalue weighted by molar-refractivity contribution is 6.33. The summed E-state index contributed by atoms with van der Waals surface area (Å²) in [5, 5.41) is 14.4. The molecule has 0 aliphatic heterocycles. The van der Waals surface area contributed by atoms with Crippen molar-refractivity contribution in [3.63, 3.8) is 0 Å². The summed E-state index contributed by atoms with van der Waals surface area (Å²) in [5.74, 6) is -0.826. The van der Waals surface area contributed by atoms with Crippen molar-refractivity contribution in [3.05, 3.63) is 29.3 Å². The van der Waals surface area contributed by atoms with Gasteiger partial charge in [0.05, 0.1) is 10.7 Å². The predicted molar refractivity (Wildman–Crippen MR) is 74.6 cm³/mol. The Kier molecular flexibility index (Phi) is 6.15. The van der Waals surface area contributed by atoms with Gasteiger partial charge in [-0.3, -0.25) is 4.79 Å². The first-order chi connectivity index (χ1) is 8.99. The molecule has 0 saturated heterocycles. The Labute approximate surface area is 117 Å². The Balaban J connectivity index is 2.35. The molecule has 6 heteroatoms. The van der Waals surface area contributed by atoms with Crippen LogP contribution in [0.2, 0.25) is 5.02 Å². The molecule has 1 unspecified atom stereocenters. The molecule has 0 radical (unpaired) electrons. The van der Waals surface area contributed by atoms with Crippen LogP contribution in [0.25, 0.3) is 0 Å². The van der Waals surface area contributed by atoms with E-state index in [1.54, 1.807) is 24.3 Å². The van der Waals surface area contributed by atoms with Gasteiger partial charge in [0, 0.05) is 12.5 Å². The zero-order valence-electron chi connectivity index (χ0n) is 10.6. The van der Waals surface area contributed by atoms with Crippen LogP contribution >= 0.6 is 11.6 Å². The molecule has 1 aromatic rings. The van der Waals surface area contributed by atoms with Crippen LogP contribution in [0.5, 0.6) is 0 Å². The SMILES string of the molecule is CC(CCCC(=O)O)NC(=O)Nc1ccccc1Cl. The molecule has 0 bridgehead atoms. The van der Waals surface area contributed by atoms with E-state index in [0.717, 1.165) is 0 Å². The molecule has 19 heavy (non-hydrogen) atoms. The van der Waals surface area contributed by atoms with Crippen molar-refractivity contribution >= 4 is 29.3 Å². The number of nitrogens with one attached hydrogen (secondary N) is 2. The van der Waals surface area contributed by atoms with Crippen LogP contribution < -0.4 is 10.6 Å². The average Bonchev–Trinajstić information content (AvgIpc) is 2.31. The quantitative estimate of drug-likeness (QED) is 0.751. The zero-order valence-corrected chi connectivity index (χ0v) is 11.4. The summed E-state index contributed by atoms with van der Waals surface area (Å²) in [5.41, 5.74) is 0.541. The first kappa shape index (κ1) is 15.3. The molecule has 1 aromatic carbocycles. The molecule has 1 rings (SSSR count). The molecule has 0 saturated carbocycles. The van der Waals surface area contributed by atoms with Gasteiger partial charge < -0.3 is 15.7 Å². The molecule has 104 valence electrons. The summed E-state index contributed by atoms with van der Waals surface area (Å²) in [4.78, 5) is 22.0. The van der Waals surface area contributed by atoms with Gasteiger partial charge in [0.25, 0.3) is 0 Å². The van der Waals surface area contributed by atoms with Gasteiger partial charge in [-0.2, -0.15) is 0 Å². The van der Waals surface area contributed by atoms with Crippen molar-refractivity contribution in [2.45, 2.75) is 32.2 Å². The highest BCUT2D eigenvalue weighted by Gasteiger charge is 2.09. The van der Waals surface area contributed by atoms with Gasteiger partial charge in [0.2, 0.25) is 0 Å². The minimum absolute atomic E-state index is 0.0955. The molecule has 0 aliphatic carbocycles. The summed E-state index contributed by atoms with van der Waals surface area (Å²) < 4.78 is 0. The van der Waals surface area contributed by atoms with Gasteiger partial charge in [-0.15, -0.1) is 0 Å². The Morgan fingerprint density at radius 2 is 2.05 bits per heavy atom. The number of aliphatic carboxylic acids is 1. The Morgan fingerprint density at radius 1 is 1.37 bits per heavy atom. The van der Waals surface area contributed by atoms with Crippen molar-refractivity contribution in [3.8, 4) is 0 Å². The molecule has 0 fully saturated rings. The number of halogens is 1. The van der Waals surface area contributed by atoms with Crippen molar-refractivity contribution in [2.24, 2.45) is 0 Å². The number of carboxylic acids is 1. The van der Waals surface area contributed by atoms with Crippen LogP contribution in [0, 0.1) is 0 Å². The van der Waals surface area contributed by atoms with Crippen LogP contribution in [0.15, 0.2) is 24.3 Å². The minimum atomic E-state index is -0.826. The number of carbonyl (C=O) groups is 2. The number of para-hydroxylation sites is 1. The number of benzene rings is 1. The van der Waals surface area contributed by atoms with E-state index in [1.807, 2.05) is 6.92 Å².